The molecule has 0 saturated carbocycles. The van der Waals surface area contributed by atoms with E-state index in [1.165, 1.54) is 6.07 Å². The average Bonchev–Trinajstić information content (AvgIpc) is 3.21. The Morgan fingerprint density at radius 2 is 2.12 bits per heavy atom. The minimum atomic E-state index is -1.26. The van der Waals surface area contributed by atoms with Gasteiger partial charge in [0, 0.05) is 38.4 Å². The zero-order valence-electron chi connectivity index (χ0n) is 19.4. The number of carbonyl (C=O) groups is 1. The normalized spacial score (nSPS) is 16.0. The van der Waals surface area contributed by atoms with Crippen molar-refractivity contribution < 1.29 is 28.5 Å². The van der Waals surface area contributed by atoms with Crippen LogP contribution in [0.15, 0.2) is 23.0 Å². The van der Waals surface area contributed by atoms with E-state index < -0.39 is 41.0 Å². The fraction of sp³-hybridized carbons (Fsp3) is 0.478. The lowest BCUT2D eigenvalue weighted by atomic mass is 10.0. The number of rotatable bonds is 10. The molecule has 186 valence electrons. The molecule has 9 nitrogen and oxygen atoms in total. The van der Waals surface area contributed by atoms with E-state index in [9.17, 15) is 28.6 Å². The number of nitrogens with one attached hydrogen (secondary N) is 2. The first-order valence-corrected chi connectivity index (χ1v) is 11.0. The van der Waals surface area contributed by atoms with Gasteiger partial charge in [0.2, 0.25) is 5.43 Å². The number of amides is 1. The summed E-state index contributed by atoms with van der Waals surface area (Å²) in [5.74, 6) is -3.10. The molecule has 11 heteroatoms. The van der Waals surface area contributed by atoms with Crippen LogP contribution in [0.2, 0.25) is 0 Å². The summed E-state index contributed by atoms with van der Waals surface area (Å²) in [5.41, 5.74) is -0.831. The van der Waals surface area contributed by atoms with E-state index >= 15 is 0 Å². The Morgan fingerprint density at radius 3 is 2.76 bits per heavy atom. The number of aliphatic hydroxyl groups excluding tert-OH is 1. The molecule has 1 aliphatic rings. The van der Waals surface area contributed by atoms with Gasteiger partial charge < -0.3 is 30.2 Å². The summed E-state index contributed by atoms with van der Waals surface area (Å²) in [6, 6.07) is 2.56. The Kier molecular flexibility index (Phi) is 8.37. The summed E-state index contributed by atoms with van der Waals surface area (Å²) < 4.78 is 33.8. The third-order valence-electron chi connectivity index (χ3n) is 6.03. The summed E-state index contributed by atoms with van der Waals surface area (Å²) in [5, 5.41) is 27.2. The van der Waals surface area contributed by atoms with E-state index in [1.54, 1.807) is 23.6 Å². The number of fused-ring (bicyclic) bond motifs is 1. The Balaban J connectivity index is 2.03. The van der Waals surface area contributed by atoms with Crippen molar-refractivity contribution in [2.75, 3.05) is 33.9 Å². The molecule has 2 aromatic rings. The molecule has 4 N–H and O–H groups in total. The number of pyridine rings is 1. The topological polar surface area (TPSA) is 116 Å². The zero-order chi connectivity index (χ0) is 25.0. The smallest absolute Gasteiger partial charge is 0.257 e. The number of benzene rings is 1. The maximum Gasteiger partial charge on any atom is 0.257 e. The van der Waals surface area contributed by atoms with Crippen LogP contribution < -0.4 is 16.1 Å². The number of methoxy groups -OCH3 is 1. The highest BCUT2D eigenvalue weighted by molar-refractivity contribution is 5.96. The van der Waals surface area contributed by atoms with Gasteiger partial charge in [0.05, 0.1) is 18.3 Å². The van der Waals surface area contributed by atoms with Gasteiger partial charge in [0.25, 0.3) is 5.91 Å². The van der Waals surface area contributed by atoms with Gasteiger partial charge in [0.15, 0.2) is 12.0 Å². The molecule has 2 atom stereocenters. The van der Waals surface area contributed by atoms with Gasteiger partial charge in [-0.05, 0) is 26.1 Å². The van der Waals surface area contributed by atoms with Gasteiger partial charge in [-0.2, -0.15) is 0 Å². The maximum absolute atomic E-state index is 14.0. The first kappa shape index (κ1) is 25.8. The Morgan fingerprint density at radius 1 is 1.38 bits per heavy atom. The molecule has 2 unspecified atom stereocenters. The number of ether oxygens (including phenoxy) is 1. The van der Waals surface area contributed by atoms with Crippen molar-refractivity contribution in [1.29, 1.82) is 0 Å². The lowest BCUT2D eigenvalue weighted by Crippen LogP contribution is -2.36. The van der Waals surface area contributed by atoms with Crippen molar-refractivity contribution in [2.24, 2.45) is 0 Å². The standard InChI is InChI=1S/C23H30F2N4O5/c1-4-28(2)23(33)19-21(31)20(30)17(18-16(7-9-29(18)19)26-8-10-34-3)22(32)27-12-13-5-6-14(24)11-15(13)25/h5-6,11,16,23,26,31,33H,4,7-10,12H2,1-3H3,(H,27,32). The van der Waals surface area contributed by atoms with E-state index in [0.29, 0.717) is 44.4 Å². The number of aliphatic hydroxyl groups is 1. The van der Waals surface area contributed by atoms with Crippen molar-refractivity contribution in [3.05, 3.63) is 62.6 Å². The van der Waals surface area contributed by atoms with Gasteiger partial charge in [-0.3, -0.25) is 14.5 Å². The monoisotopic (exact) mass is 480 g/mol. The molecule has 0 aliphatic carbocycles. The second-order valence-corrected chi connectivity index (χ2v) is 8.13. The second kappa shape index (κ2) is 11.0. The zero-order valence-corrected chi connectivity index (χ0v) is 19.4. The van der Waals surface area contributed by atoms with Crippen molar-refractivity contribution >= 4 is 5.91 Å². The van der Waals surface area contributed by atoms with Crippen molar-refractivity contribution in [3.63, 3.8) is 0 Å². The van der Waals surface area contributed by atoms with E-state index in [0.717, 1.165) is 6.07 Å². The van der Waals surface area contributed by atoms with Crippen LogP contribution >= 0.6 is 0 Å². The first-order chi connectivity index (χ1) is 16.2. The first-order valence-electron chi connectivity index (χ1n) is 11.0. The van der Waals surface area contributed by atoms with E-state index in [1.807, 2.05) is 6.92 Å². The fourth-order valence-corrected chi connectivity index (χ4v) is 4.07. The van der Waals surface area contributed by atoms with Crippen LogP contribution in [-0.2, 0) is 17.8 Å². The summed E-state index contributed by atoms with van der Waals surface area (Å²) in [4.78, 5) is 27.8. The molecule has 0 bridgehead atoms. The summed E-state index contributed by atoms with van der Waals surface area (Å²) >= 11 is 0. The van der Waals surface area contributed by atoms with Gasteiger partial charge in [-0.25, -0.2) is 8.78 Å². The third-order valence-corrected chi connectivity index (χ3v) is 6.03. The lowest BCUT2D eigenvalue weighted by molar-refractivity contribution is 0.0154. The molecule has 3 rings (SSSR count). The fourth-order valence-electron chi connectivity index (χ4n) is 4.07. The molecule has 1 amide bonds. The number of aromatic nitrogens is 1. The van der Waals surface area contributed by atoms with Crippen LogP contribution in [0.3, 0.4) is 0 Å². The Labute approximate surface area is 196 Å². The Hall–Kier alpha value is -2.86. The number of halogens is 2. The predicted octanol–water partition coefficient (Wildman–Crippen LogP) is 1.39. The molecule has 34 heavy (non-hydrogen) atoms. The number of aromatic hydroxyl groups is 1. The van der Waals surface area contributed by atoms with Crippen LogP contribution in [0, 0.1) is 11.6 Å². The highest BCUT2D eigenvalue weighted by Crippen LogP contribution is 2.35. The number of nitrogens with zero attached hydrogens (tertiary/aromatic N) is 2. The molecular weight excluding hydrogens is 450 g/mol. The molecule has 0 saturated heterocycles. The minimum absolute atomic E-state index is 0.0153. The molecule has 0 radical (unpaired) electrons. The molecule has 1 aliphatic heterocycles. The molecule has 2 heterocycles. The van der Waals surface area contributed by atoms with E-state index in [4.69, 9.17) is 4.74 Å². The summed E-state index contributed by atoms with van der Waals surface area (Å²) in [6.07, 6.45) is -0.755. The number of carbonyl (C=O) groups excluding carboxylic acids is 1. The van der Waals surface area contributed by atoms with Gasteiger partial charge in [0.1, 0.15) is 22.9 Å². The van der Waals surface area contributed by atoms with Gasteiger partial charge in [-0.1, -0.05) is 13.0 Å². The summed E-state index contributed by atoms with van der Waals surface area (Å²) in [7, 11) is 3.19. The van der Waals surface area contributed by atoms with Crippen LogP contribution in [0.4, 0.5) is 8.78 Å². The van der Waals surface area contributed by atoms with Crippen molar-refractivity contribution in [3.8, 4) is 5.75 Å². The lowest BCUT2D eigenvalue weighted by Gasteiger charge is -2.27. The number of hydrogen-bond acceptors (Lipinski definition) is 7. The quantitative estimate of drug-likeness (QED) is 0.300. The number of hydrogen-bond donors (Lipinski definition) is 4. The molecule has 0 spiro atoms. The predicted molar refractivity (Wildman–Crippen MR) is 120 cm³/mol. The van der Waals surface area contributed by atoms with Crippen LogP contribution in [-0.4, -0.2) is 59.4 Å². The van der Waals surface area contributed by atoms with Crippen LogP contribution in [0.25, 0.3) is 0 Å². The summed E-state index contributed by atoms with van der Waals surface area (Å²) in [6.45, 7) is 3.18. The van der Waals surface area contributed by atoms with Gasteiger partial charge in [-0.15, -0.1) is 0 Å². The molecular formula is C23H30F2N4O5. The minimum Gasteiger partial charge on any atom is -0.503 e. The largest absolute Gasteiger partial charge is 0.503 e. The van der Waals surface area contributed by atoms with Gasteiger partial charge >= 0.3 is 0 Å². The SMILES string of the molecule is CCN(C)C(O)c1c(O)c(=O)c(C(=O)NCc2ccc(F)cc2F)c2n1CCC2NCCOC. The third kappa shape index (κ3) is 5.12. The average molecular weight is 481 g/mol. The van der Waals surface area contributed by atoms with E-state index in [2.05, 4.69) is 10.6 Å². The Bertz CT molecular complexity index is 1110. The molecule has 0 fully saturated rings. The van der Waals surface area contributed by atoms with Crippen LogP contribution in [0.1, 0.15) is 52.9 Å². The maximum atomic E-state index is 14.0. The van der Waals surface area contributed by atoms with Crippen molar-refractivity contribution in [2.45, 2.75) is 38.7 Å². The van der Waals surface area contributed by atoms with Crippen LogP contribution in [0.5, 0.6) is 5.75 Å². The molecule has 1 aromatic heterocycles. The highest BCUT2D eigenvalue weighted by Gasteiger charge is 2.36. The van der Waals surface area contributed by atoms with Crippen molar-refractivity contribution in [1.82, 2.24) is 20.1 Å². The highest BCUT2D eigenvalue weighted by atomic mass is 19.1. The molecule has 1 aromatic carbocycles. The second-order valence-electron chi connectivity index (χ2n) is 8.13. The van der Waals surface area contributed by atoms with E-state index in [-0.39, 0.29) is 23.4 Å².